The fourth-order valence-electron chi connectivity index (χ4n) is 6.69. The molecular formula is C43H27N3. The van der Waals surface area contributed by atoms with Gasteiger partial charge in [0.1, 0.15) is 0 Å². The highest BCUT2D eigenvalue weighted by atomic mass is 15.0. The molecule has 0 N–H and O–H groups in total. The van der Waals surface area contributed by atoms with E-state index >= 15 is 0 Å². The number of fused-ring (bicyclic) bond motifs is 7. The van der Waals surface area contributed by atoms with E-state index in [9.17, 15) is 0 Å². The monoisotopic (exact) mass is 585 g/mol. The van der Waals surface area contributed by atoms with E-state index in [4.69, 9.17) is 15.0 Å². The van der Waals surface area contributed by atoms with Crippen molar-refractivity contribution in [2.45, 2.75) is 0 Å². The molecule has 3 heteroatoms. The van der Waals surface area contributed by atoms with Crippen LogP contribution in [0.4, 0.5) is 0 Å². The Kier molecular flexibility index (Phi) is 6.14. The van der Waals surface area contributed by atoms with Gasteiger partial charge < -0.3 is 0 Å². The standard InChI is InChI=1S/C43H27N3/c1-3-13-29(14-4-1)41-44-42(30-15-5-2-6-16-30)46-43(45-41)33-19-11-18-31(26-33)39-27-32-17-8-10-21-35(32)40-37-23-22-28-12-7-9-20-34(28)36(37)24-25-38(39)40/h1-27H. The predicted octanol–water partition coefficient (Wildman–Crippen LogP) is 11.2. The van der Waals surface area contributed by atoms with Gasteiger partial charge in [-0.3, -0.25) is 0 Å². The highest BCUT2D eigenvalue weighted by Crippen LogP contribution is 2.41. The maximum Gasteiger partial charge on any atom is 0.164 e. The second-order valence-corrected chi connectivity index (χ2v) is 11.6. The molecule has 0 aliphatic heterocycles. The van der Waals surface area contributed by atoms with Crippen molar-refractivity contribution < 1.29 is 0 Å². The number of hydrogen-bond acceptors (Lipinski definition) is 3. The molecule has 0 aliphatic carbocycles. The first kappa shape index (κ1) is 26.2. The molecular weight excluding hydrogens is 558 g/mol. The van der Waals surface area contributed by atoms with Crippen LogP contribution >= 0.6 is 0 Å². The maximum atomic E-state index is 4.99. The number of nitrogens with zero attached hydrogens (tertiary/aromatic N) is 3. The third-order valence-electron chi connectivity index (χ3n) is 8.88. The number of hydrogen-bond donors (Lipinski definition) is 0. The Hall–Kier alpha value is -6.19. The average Bonchev–Trinajstić information content (AvgIpc) is 3.14. The Balaban J connectivity index is 1.27. The zero-order chi connectivity index (χ0) is 30.5. The van der Waals surface area contributed by atoms with Crippen LogP contribution in [0.3, 0.4) is 0 Å². The van der Waals surface area contributed by atoms with Crippen LogP contribution in [0.1, 0.15) is 0 Å². The fourth-order valence-corrected chi connectivity index (χ4v) is 6.69. The number of aromatic nitrogens is 3. The lowest BCUT2D eigenvalue weighted by Crippen LogP contribution is -2.00. The zero-order valence-corrected chi connectivity index (χ0v) is 24.9. The van der Waals surface area contributed by atoms with Gasteiger partial charge in [0.25, 0.3) is 0 Å². The summed E-state index contributed by atoms with van der Waals surface area (Å²) in [6.45, 7) is 0. The summed E-state index contributed by atoms with van der Waals surface area (Å²) in [5, 5.41) is 10.0. The fraction of sp³-hybridized carbons (Fsp3) is 0. The van der Waals surface area contributed by atoms with Crippen LogP contribution in [0.5, 0.6) is 0 Å². The maximum absolute atomic E-state index is 4.99. The SMILES string of the molecule is c1ccc(-c2nc(-c3ccccc3)nc(-c3cccc(-c4cc5ccccc5c5c4ccc4c6ccccc6ccc45)c3)n2)cc1. The molecule has 0 spiro atoms. The molecule has 214 valence electrons. The minimum atomic E-state index is 0.650. The molecule has 46 heavy (non-hydrogen) atoms. The van der Waals surface area contributed by atoms with Gasteiger partial charge in [-0.15, -0.1) is 0 Å². The lowest BCUT2D eigenvalue weighted by Gasteiger charge is -2.15. The van der Waals surface area contributed by atoms with E-state index in [0.29, 0.717) is 17.5 Å². The van der Waals surface area contributed by atoms with Gasteiger partial charge in [0, 0.05) is 16.7 Å². The minimum Gasteiger partial charge on any atom is -0.208 e. The van der Waals surface area contributed by atoms with Crippen molar-refractivity contribution in [3.8, 4) is 45.3 Å². The van der Waals surface area contributed by atoms with Crippen LogP contribution in [0, 0.1) is 0 Å². The van der Waals surface area contributed by atoms with E-state index in [1.54, 1.807) is 0 Å². The smallest absolute Gasteiger partial charge is 0.164 e. The van der Waals surface area contributed by atoms with E-state index in [2.05, 4.69) is 103 Å². The summed E-state index contributed by atoms with van der Waals surface area (Å²) in [5.41, 5.74) is 5.17. The molecule has 0 atom stereocenters. The summed E-state index contributed by atoms with van der Waals surface area (Å²) in [6, 6.07) is 57.6. The van der Waals surface area contributed by atoms with Crippen LogP contribution in [-0.2, 0) is 0 Å². The van der Waals surface area contributed by atoms with Gasteiger partial charge in [-0.1, -0.05) is 152 Å². The molecule has 0 aliphatic rings. The highest BCUT2D eigenvalue weighted by molar-refractivity contribution is 6.27. The summed E-state index contributed by atoms with van der Waals surface area (Å²) in [7, 11) is 0. The molecule has 9 rings (SSSR count). The quantitative estimate of drug-likeness (QED) is 0.193. The molecule has 0 amide bonds. The summed E-state index contributed by atoms with van der Waals surface area (Å²) < 4.78 is 0. The van der Waals surface area contributed by atoms with Crippen LogP contribution in [0.2, 0.25) is 0 Å². The normalized spacial score (nSPS) is 11.5. The zero-order valence-electron chi connectivity index (χ0n) is 24.9. The van der Waals surface area contributed by atoms with Gasteiger partial charge in [-0.05, 0) is 66.3 Å². The van der Waals surface area contributed by atoms with Gasteiger partial charge in [-0.2, -0.15) is 0 Å². The van der Waals surface area contributed by atoms with Crippen molar-refractivity contribution in [3.63, 3.8) is 0 Å². The molecule has 0 bridgehead atoms. The van der Waals surface area contributed by atoms with Crippen molar-refractivity contribution in [3.05, 3.63) is 164 Å². The molecule has 0 saturated carbocycles. The third kappa shape index (κ3) is 4.41. The van der Waals surface area contributed by atoms with Crippen LogP contribution in [0.25, 0.3) is 88.4 Å². The highest BCUT2D eigenvalue weighted by Gasteiger charge is 2.16. The molecule has 1 aromatic heterocycles. The largest absolute Gasteiger partial charge is 0.208 e. The lowest BCUT2D eigenvalue weighted by atomic mass is 9.88. The van der Waals surface area contributed by atoms with Crippen LogP contribution in [-0.4, -0.2) is 15.0 Å². The molecule has 1 heterocycles. The number of rotatable bonds is 4. The lowest BCUT2D eigenvalue weighted by molar-refractivity contribution is 1.07. The Morgan fingerprint density at radius 3 is 1.52 bits per heavy atom. The summed E-state index contributed by atoms with van der Waals surface area (Å²) >= 11 is 0. The molecule has 3 nitrogen and oxygen atoms in total. The van der Waals surface area contributed by atoms with Crippen molar-refractivity contribution >= 4 is 43.1 Å². The molecule has 0 fully saturated rings. The summed E-state index contributed by atoms with van der Waals surface area (Å²) in [5.74, 6) is 1.96. The van der Waals surface area contributed by atoms with Gasteiger partial charge in [-0.25, -0.2) is 15.0 Å². The first-order valence-electron chi connectivity index (χ1n) is 15.5. The Morgan fingerprint density at radius 2 is 0.804 bits per heavy atom. The van der Waals surface area contributed by atoms with Crippen molar-refractivity contribution in [1.29, 1.82) is 0 Å². The Bertz CT molecular complexity index is 2520. The second-order valence-electron chi connectivity index (χ2n) is 11.6. The van der Waals surface area contributed by atoms with E-state index in [1.165, 1.54) is 48.7 Å². The Morgan fingerprint density at radius 1 is 0.283 bits per heavy atom. The van der Waals surface area contributed by atoms with E-state index in [-0.39, 0.29) is 0 Å². The first-order chi connectivity index (χ1) is 22.8. The molecule has 0 radical (unpaired) electrons. The molecule has 0 saturated heterocycles. The van der Waals surface area contributed by atoms with Crippen LogP contribution < -0.4 is 0 Å². The van der Waals surface area contributed by atoms with Gasteiger partial charge in [0.2, 0.25) is 0 Å². The second kappa shape index (κ2) is 10.8. The van der Waals surface area contributed by atoms with Crippen molar-refractivity contribution in [2.75, 3.05) is 0 Å². The topological polar surface area (TPSA) is 38.7 Å². The van der Waals surface area contributed by atoms with Crippen molar-refractivity contribution in [1.82, 2.24) is 15.0 Å². The first-order valence-corrected chi connectivity index (χ1v) is 15.5. The van der Waals surface area contributed by atoms with Gasteiger partial charge >= 0.3 is 0 Å². The summed E-state index contributed by atoms with van der Waals surface area (Å²) in [4.78, 5) is 14.9. The molecule has 8 aromatic carbocycles. The van der Waals surface area contributed by atoms with E-state index in [0.717, 1.165) is 22.3 Å². The van der Waals surface area contributed by atoms with E-state index in [1.807, 2.05) is 60.7 Å². The van der Waals surface area contributed by atoms with Crippen LogP contribution in [0.15, 0.2) is 164 Å². The molecule has 9 aromatic rings. The summed E-state index contributed by atoms with van der Waals surface area (Å²) in [6.07, 6.45) is 0. The van der Waals surface area contributed by atoms with Crippen molar-refractivity contribution in [2.24, 2.45) is 0 Å². The third-order valence-corrected chi connectivity index (χ3v) is 8.88. The average molecular weight is 586 g/mol. The van der Waals surface area contributed by atoms with Gasteiger partial charge in [0.05, 0.1) is 0 Å². The predicted molar refractivity (Wildman–Crippen MR) is 192 cm³/mol. The van der Waals surface area contributed by atoms with E-state index < -0.39 is 0 Å². The van der Waals surface area contributed by atoms with Gasteiger partial charge in [0.15, 0.2) is 17.5 Å². The Labute approximate surface area is 266 Å². The minimum absolute atomic E-state index is 0.650. The molecule has 0 unspecified atom stereocenters. The number of benzene rings is 8.